The monoisotopic (exact) mass is 232 g/mol. The van der Waals surface area contributed by atoms with Crippen LogP contribution in [0.2, 0.25) is 0 Å². The molecule has 0 aliphatic carbocycles. The summed E-state index contributed by atoms with van der Waals surface area (Å²) in [7, 11) is 0. The molecular formula is C13H13FN2O. The third-order valence-electron chi connectivity index (χ3n) is 2.35. The number of nitrogens with zero attached hydrogens (tertiary/aromatic N) is 1. The molecule has 3 nitrogen and oxygen atoms in total. The zero-order chi connectivity index (χ0) is 12.3. The highest BCUT2D eigenvalue weighted by Gasteiger charge is 2.04. The molecule has 17 heavy (non-hydrogen) atoms. The number of rotatable bonds is 3. The number of pyridine rings is 1. The lowest BCUT2D eigenvalue weighted by Crippen LogP contribution is -1.99. The normalized spacial score (nSPS) is 10.3. The van der Waals surface area contributed by atoms with Crippen LogP contribution in [0.4, 0.5) is 4.39 Å². The Morgan fingerprint density at radius 1 is 1.29 bits per heavy atom. The minimum atomic E-state index is -0.364. The average molecular weight is 232 g/mol. The van der Waals surface area contributed by atoms with Crippen LogP contribution in [-0.4, -0.2) is 4.98 Å². The second kappa shape index (κ2) is 4.93. The van der Waals surface area contributed by atoms with E-state index in [9.17, 15) is 4.39 Å². The molecule has 0 aliphatic heterocycles. The number of hydrogen-bond acceptors (Lipinski definition) is 3. The third kappa shape index (κ3) is 2.79. The lowest BCUT2D eigenvalue weighted by Gasteiger charge is -2.06. The van der Waals surface area contributed by atoms with Gasteiger partial charge in [0.25, 0.3) is 0 Å². The van der Waals surface area contributed by atoms with Crippen molar-refractivity contribution in [2.75, 3.05) is 0 Å². The van der Waals surface area contributed by atoms with Gasteiger partial charge in [-0.1, -0.05) is 12.1 Å². The predicted octanol–water partition coefficient (Wildman–Crippen LogP) is 2.78. The molecule has 88 valence electrons. The quantitative estimate of drug-likeness (QED) is 0.885. The van der Waals surface area contributed by atoms with Crippen molar-refractivity contribution in [3.8, 4) is 11.6 Å². The Morgan fingerprint density at radius 3 is 2.71 bits per heavy atom. The van der Waals surface area contributed by atoms with Crippen molar-refractivity contribution in [3.05, 3.63) is 53.5 Å². The maximum absolute atomic E-state index is 13.4. The number of aromatic nitrogens is 1. The van der Waals surface area contributed by atoms with Gasteiger partial charge < -0.3 is 10.5 Å². The summed E-state index contributed by atoms with van der Waals surface area (Å²) in [4.78, 5) is 4.08. The Hall–Kier alpha value is -1.94. The van der Waals surface area contributed by atoms with E-state index >= 15 is 0 Å². The van der Waals surface area contributed by atoms with Crippen LogP contribution in [-0.2, 0) is 6.54 Å². The summed E-state index contributed by atoms with van der Waals surface area (Å²) in [5.41, 5.74) is 6.89. The molecule has 0 aliphatic rings. The summed E-state index contributed by atoms with van der Waals surface area (Å²) in [6, 6.07) is 8.21. The lowest BCUT2D eigenvalue weighted by atomic mass is 10.2. The lowest BCUT2D eigenvalue weighted by molar-refractivity contribution is 0.457. The van der Waals surface area contributed by atoms with E-state index in [1.165, 1.54) is 6.07 Å². The topological polar surface area (TPSA) is 48.1 Å². The molecule has 0 saturated carbocycles. The van der Waals surface area contributed by atoms with Gasteiger partial charge in [0.05, 0.1) is 0 Å². The largest absolute Gasteiger partial charge is 0.439 e. The van der Waals surface area contributed by atoms with Crippen LogP contribution in [0.3, 0.4) is 0 Å². The second-order valence-electron chi connectivity index (χ2n) is 3.73. The van der Waals surface area contributed by atoms with Gasteiger partial charge in [-0.2, -0.15) is 0 Å². The predicted molar refractivity (Wildman–Crippen MR) is 63.3 cm³/mol. The Bertz CT molecular complexity index is 511. The molecule has 0 radical (unpaired) electrons. The summed E-state index contributed by atoms with van der Waals surface area (Å²) in [5, 5.41) is 0. The summed E-state index contributed by atoms with van der Waals surface area (Å²) in [6.45, 7) is 2.11. The van der Waals surface area contributed by atoms with Gasteiger partial charge >= 0.3 is 0 Å². The molecule has 2 rings (SSSR count). The van der Waals surface area contributed by atoms with Crippen molar-refractivity contribution in [3.63, 3.8) is 0 Å². The molecule has 4 heteroatoms. The number of ether oxygens (including phenoxy) is 1. The maximum atomic E-state index is 13.4. The van der Waals surface area contributed by atoms with Gasteiger partial charge in [-0.3, -0.25) is 0 Å². The highest BCUT2D eigenvalue weighted by Crippen LogP contribution is 2.21. The number of aryl methyl sites for hydroxylation is 1. The zero-order valence-corrected chi connectivity index (χ0v) is 9.48. The van der Waals surface area contributed by atoms with E-state index in [0.717, 1.165) is 5.56 Å². The standard InChI is InChI=1S/C13H13FN2O/c1-9-2-5-13(16-8-9)17-11-4-3-10(7-15)12(14)6-11/h2-6,8H,7,15H2,1H3. The number of halogens is 1. The Labute approximate surface area is 99.1 Å². The summed E-state index contributed by atoms with van der Waals surface area (Å²) in [6.07, 6.45) is 1.69. The van der Waals surface area contributed by atoms with Crippen LogP contribution in [0.5, 0.6) is 11.6 Å². The number of nitrogens with two attached hydrogens (primary N) is 1. The first-order chi connectivity index (χ1) is 8.19. The molecule has 2 N–H and O–H groups in total. The summed E-state index contributed by atoms with van der Waals surface area (Å²) < 4.78 is 18.9. The average Bonchev–Trinajstić information content (AvgIpc) is 2.32. The van der Waals surface area contributed by atoms with Crippen molar-refractivity contribution >= 4 is 0 Å². The highest BCUT2D eigenvalue weighted by molar-refractivity contribution is 5.32. The van der Waals surface area contributed by atoms with Crippen LogP contribution in [0.15, 0.2) is 36.5 Å². The first-order valence-electron chi connectivity index (χ1n) is 5.28. The van der Waals surface area contributed by atoms with Gasteiger partial charge in [0.15, 0.2) is 0 Å². The summed E-state index contributed by atoms with van der Waals surface area (Å²) in [5.74, 6) is 0.490. The third-order valence-corrected chi connectivity index (χ3v) is 2.35. The van der Waals surface area contributed by atoms with E-state index in [4.69, 9.17) is 10.5 Å². The minimum absolute atomic E-state index is 0.175. The zero-order valence-electron chi connectivity index (χ0n) is 9.48. The van der Waals surface area contributed by atoms with Crippen LogP contribution in [0.1, 0.15) is 11.1 Å². The molecule has 0 fully saturated rings. The molecule has 0 spiro atoms. The fourth-order valence-corrected chi connectivity index (χ4v) is 1.39. The van der Waals surface area contributed by atoms with Crippen molar-refractivity contribution in [1.82, 2.24) is 4.98 Å². The van der Waals surface area contributed by atoms with E-state index in [-0.39, 0.29) is 12.4 Å². The Balaban J connectivity index is 2.19. The van der Waals surface area contributed by atoms with Gasteiger partial charge in [-0.15, -0.1) is 0 Å². The molecule has 1 heterocycles. The van der Waals surface area contributed by atoms with E-state index in [1.54, 1.807) is 24.4 Å². The Morgan fingerprint density at radius 2 is 2.12 bits per heavy atom. The summed E-state index contributed by atoms with van der Waals surface area (Å²) >= 11 is 0. The van der Waals surface area contributed by atoms with Crippen molar-refractivity contribution in [2.45, 2.75) is 13.5 Å². The SMILES string of the molecule is Cc1ccc(Oc2ccc(CN)c(F)c2)nc1. The molecule has 0 bridgehead atoms. The van der Waals surface area contributed by atoms with Crippen molar-refractivity contribution in [2.24, 2.45) is 5.73 Å². The van der Waals surface area contributed by atoms with Gasteiger partial charge in [-0.25, -0.2) is 9.37 Å². The van der Waals surface area contributed by atoms with Gasteiger partial charge in [0.1, 0.15) is 11.6 Å². The molecule has 2 aromatic rings. The Kier molecular flexibility index (Phi) is 3.35. The first kappa shape index (κ1) is 11.5. The minimum Gasteiger partial charge on any atom is -0.439 e. The molecular weight excluding hydrogens is 219 g/mol. The second-order valence-corrected chi connectivity index (χ2v) is 3.73. The molecule has 1 aromatic carbocycles. The molecule has 0 amide bonds. The number of hydrogen-bond donors (Lipinski definition) is 1. The fourth-order valence-electron chi connectivity index (χ4n) is 1.39. The van der Waals surface area contributed by atoms with Crippen LogP contribution >= 0.6 is 0 Å². The van der Waals surface area contributed by atoms with Gasteiger partial charge in [0.2, 0.25) is 5.88 Å². The molecule has 0 atom stereocenters. The number of benzene rings is 1. The van der Waals surface area contributed by atoms with E-state index in [0.29, 0.717) is 17.2 Å². The van der Waals surface area contributed by atoms with E-state index in [1.807, 2.05) is 13.0 Å². The van der Waals surface area contributed by atoms with Crippen molar-refractivity contribution < 1.29 is 9.13 Å². The van der Waals surface area contributed by atoms with Crippen LogP contribution in [0, 0.1) is 12.7 Å². The van der Waals surface area contributed by atoms with Crippen LogP contribution in [0.25, 0.3) is 0 Å². The van der Waals surface area contributed by atoms with E-state index < -0.39 is 0 Å². The molecule has 0 unspecified atom stereocenters. The highest BCUT2D eigenvalue weighted by atomic mass is 19.1. The van der Waals surface area contributed by atoms with Gasteiger partial charge in [-0.05, 0) is 18.6 Å². The smallest absolute Gasteiger partial charge is 0.219 e. The molecule has 0 saturated heterocycles. The maximum Gasteiger partial charge on any atom is 0.219 e. The van der Waals surface area contributed by atoms with Crippen molar-refractivity contribution in [1.29, 1.82) is 0 Å². The van der Waals surface area contributed by atoms with E-state index in [2.05, 4.69) is 4.98 Å². The van der Waals surface area contributed by atoms with Gasteiger partial charge in [0, 0.05) is 30.4 Å². The fraction of sp³-hybridized carbons (Fsp3) is 0.154. The molecule has 1 aromatic heterocycles. The van der Waals surface area contributed by atoms with Crippen LogP contribution < -0.4 is 10.5 Å². The first-order valence-corrected chi connectivity index (χ1v) is 5.28.